The lowest BCUT2D eigenvalue weighted by atomic mass is 10.3. The summed E-state index contributed by atoms with van der Waals surface area (Å²) in [6.07, 6.45) is 1.07. The molecule has 1 N–H and O–H groups in total. The number of hydrogen-bond acceptors (Lipinski definition) is 8. The van der Waals surface area contributed by atoms with Crippen LogP contribution in [-0.4, -0.2) is 28.6 Å². The zero-order chi connectivity index (χ0) is 17.5. The molecule has 0 aliphatic heterocycles. The maximum Gasteiger partial charge on any atom is 0.433 e. The normalized spacial score (nSPS) is 10.5. The number of rotatable bonds is 7. The number of nitrogens with zero attached hydrogens (tertiary/aromatic N) is 3. The number of nitro groups is 2. The van der Waals surface area contributed by atoms with Crippen molar-refractivity contribution in [1.29, 1.82) is 0 Å². The fraction of sp³-hybridized carbons (Fsp3) is 0.0769. The molecule has 0 atom stereocenters. The third-order valence-electron chi connectivity index (χ3n) is 2.59. The smallest absolute Gasteiger partial charge is 0.433 e. The molecule has 1 aromatic carbocycles. The number of ether oxygens (including phenoxy) is 1. The van der Waals surface area contributed by atoms with Crippen molar-refractivity contribution in [2.24, 2.45) is 5.10 Å². The van der Waals surface area contributed by atoms with Crippen molar-refractivity contribution in [3.8, 4) is 5.75 Å². The second kappa shape index (κ2) is 7.49. The summed E-state index contributed by atoms with van der Waals surface area (Å²) in [5.74, 6) is -1.11. The predicted molar refractivity (Wildman–Crippen MR) is 79.7 cm³/mol. The Morgan fingerprint density at radius 3 is 2.62 bits per heavy atom. The van der Waals surface area contributed by atoms with Gasteiger partial charge in [-0.25, -0.2) is 5.43 Å². The van der Waals surface area contributed by atoms with E-state index in [4.69, 9.17) is 9.15 Å². The van der Waals surface area contributed by atoms with Crippen molar-refractivity contribution >= 4 is 23.7 Å². The maximum absolute atomic E-state index is 11.5. The van der Waals surface area contributed by atoms with E-state index in [2.05, 4.69) is 10.5 Å². The first-order valence-corrected chi connectivity index (χ1v) is 6.39. The van der Waals surface area contributed by atoms with Gasteiger partial charge in [0.05, 0.1) is 17.2 Å². The highest BCUT2D eigenvalue weighted by Gasteiger charge is 2.14. The molecule has 11 heteroatoms. The zero-order valence-electron chi connectivity index (χ0n) is 11.9. The molecular weight excluding hydrogens is 324 g/mol. The number of benzene rings is 1. The van der Waals surface area contributed by atoms with E-state index in [1.807, 2.05) is 0 Å². The highest BCUT2D eigenvalue weighted by atomic mass is 16.6. The Morgan fingerprint density at radius 1 is 1.21 bits per heavy atom. The summed E-state index contributed by atoms with van der Waals surface area (Å²) in [6, 6.07) is 8.05. The first kappa shape index (κ1) is 16.6. The largest absolute Gasteiger partial charge is 0.477 e. The van der Waals surface area contributed by atoms with Gasteiger partial charge < -0.3 is 9.15 Å². The van der Waals surface area contributed by atoms with E-state index in [0.717, 1.165) is 12.3 Å². The molecule has 1 amide bonds. The van der Waals surface area contributed by atoms with Gasteiger partial charge in [0.15, 0.2) is 18.1 Å². The lowest BCUT2D eigenvalue weighted by Gasteiger charge is -2.05. The summed E-state index contributed by atoms with van der Waals surface area (Å²) < 4.78 is 9.85. The monoisotopic (exact) mass is 334 g/mol. The van der Waals surface area contributed by atoms with E-state index < -0.39 is 28.2 Å². The van der Waals surface area contributed by atoms with Crippen LogP contribution in [0.4, 0.5) is 11.6 Å². The van der Waals surface area contributed by atoms with E-state index in [-0.39, 0.29) is 17.2 Å². The number of carbonyl (C=O) groups excluding carboxylic acids is 1. The molecule has 0 fully saturated rings. The Hall–Kier alpha value is -3.76. The number of para-hydroxylation sites is 2. The fourth-order valence-electron chi connectivity index (χ4n) is 1.58. The number of amides is 1. The van der Waals surface area contributed by atoms with Crippen LogP contribution >= 0.6 is 0 Å². The topological polar surface area (TPSA) is 150 Å². The standard InChI is InChI=1S/C13H10N4O7/c18-12(8-23-11-4-2-1-3-10(11)16(19)20)15-14-7-9-5-6-13(24-9)17(21)22/h1-7H,8H2,(H,15,18)/b14-7-. The third-order valence-corrected chi connectivity index (χ3v) is 2.59. The molecule has 0 unspecified atom stereocenters. The van der Waals surface area contributed by atoms with Crippen LogP contribution in [0.2, 0.25) is 0 Å². The molecule has 1 aromatic heterocycles. The first-order valence-electron chi connectivity index (χ1n) is 6.39. The second-order valence-electron chi connectivity index (χ2n) is 4.24. The summed E-state index contributed by atoms with van der Waals surface area (Å²) >= 11 is 0. The molecular formula is C13H10N4O7. The SMILES string of the molecule is O=C(COc1ccccc1[N+](=O)[O-])N/N=C\c1ccc([N+](=O)[O-])o1. The highest BCUT2D eigenvalue weighted by Crippen LogP contribution is 2.25. The molecule has 2 rings (SSSR count). The summed E-state index contributed by atoms with van der Waals surface area (Å²) in [4.78, 5) is 31.4. The first-order chi connectivity index (χ1) is 11.5. The third kappa shape index (κ3) is 4.37. The molecule has 0 spiro atoms. The molecule has 24 heavy (non-hydrogen) atoms. The van der Waals surface area contributed by atoms with Crippen LogP contribution in [0, 0.1) is 20.2 Å². The van der Waals surface area contributed by atoms with Gasteiger partial charge in [-0.2, -0.15) is 5.10 Å². The van der Waals surface area contributed by atoms with Crippen molar-refractivity contribution in [2.75, 3.05) is 6.61 Å². The summed E-state index contributed by atoms with van der Waals surface area (Å²) in [6.45, 7) is -0.500. The lowest BCUT2D eigenvalue weighted by Crippen LogP contribution is -2.24. The average Bonchev–Trinajstić information content (AvgIpc) is 3.02. The van der Waals surface area contributed by atoms with Gasteiger partial charge in [0.2, 0.25) is 0 Å². The molecule has 0 saturated carbocycles. The predicted octanol–water partition coefficient (Wildman–Crippen LogP) is 1.63. The summed E-state index contributed by atoms with van der Waals surface area (Å²) in [5, 5.41) is 24.7. The van der Waals surface area contributed by atoms with Crippen LogP contribution in [0.25, 0.3) is 0 Å². The van der Waals surface area contributed by atoms with E-state index >= 15 is 0 Å². The molecule has 2 aromatic rings. The zero-order valence-corrected chi connectivity index (χ0v) is 11.9. The van der Waals surface area contributed by atoms with Gasteiger partial charge in [-0.15, -0.1) is 0 Å². The van der Waals surface area contributed by atoms with Crippen LogP contribution in [0.1, 0.15) is 5.76 Å². The Kier molecular flexibility index (Phi) is 5.18. The minimum Gasteiger partial charge on any atom is -0.477 e. The molecule has 0 saturated heterocycles. The average molecular weight is 334 g/mol. The van der Waals surface area contributed by atoms with Gasteiger partial charge >= 0.3 is 11.6 Å². The number of hydrazone groups is 1. The summed E-state index contributed by atoms with van der Waals surface area (Å²) in [5.41, 5.74) is 1.83. The molecule has 0 aliphatic carbocycles. The van der Waals surface area contributed by atoms with E-state index in [9.17, 15) is 25.0 Å². The van der Waals surface area contributed by atoms with Gasteiger partial charge in [-0.3, -0.25) is 25.0 Å². The Labute approximate surface area is 133 Å². The van der Waals surface area contributed by atoms with Gasteiger partial charge in [0.25, 0.3) is 5.91 Å². The minimum atomic E-state index is -0.712. The number of carbonyl (C=O) groups is 1. The van der Waals surface area contributed by atoms with Gasteiger partial charge in [0, 0.05) is 6.07 Å². The van der Waals surface area contributed by atoms with Crippen molar-refractivity contribution in [3.05, 3.63) is 62.4 Å². The number of furan rings is 1. The lowest BCUT2D eigenvalue weighted by molar-refractivity contribution is -0.402. The quantitative estimate of drug-likeness (QED) is 0.459. The second-order valence-corrected chi connectivity index (χ2v) is 4.24. The number of hydrogen-bond donors (Lipinski definition) is 1. The fourth-order valence-corrected chi connectivity index (χ4v) is 1.58. The van der Waals surface area contributed by atoms with Crippen molar-refractivity contribution in [2.45, 2.75) is 0 Å². The maximum atomic E-state index is 11.5. The molecule has 0 radical (unpaired) electrons. The Morgan fingerprint density at radius 2 is 1.96 bits per heavy atom. The molecule has 11 nitrogen and oxygen atoms in total. The van der Waals surface area contributed by atoms with Crippen molar-refractivity contribution < 1.29 is 23.8 Å². The Balaban J connectivity index is 1.86. The van der Waals surface area contributed by atoms with E-state index in [1.165, 1.54) is 30.3 Å². The van der Waals surface area contributed by atoms with Gasteiger partial charge in [-0.1, -0.05) is 12.1 Å². The van der Waals surface area contributed by atoms with Crippen LogP contribution in [-0.2, 0) is 4.79 Å². The van der Waals surface area contributed by atoms with Crippen LogP contribution in [0.5, 0.6) is 5.75 Å². The van der Waals surface area contributed by atoms with E-state index in [1.54, 1.807) is 0 Å². The van der Waals surface area contributed by atoms with Crippen LogP contribution < -0.4 is 10.2 Å². The van der Waals surface area contributed by atoms with Crippen LogP contribution in [0.3, 0.4) is 0 Å². The van der Waals surface area contributed by atoms with Crippen molar-refractivity contribution in [3.63, 3.8) is 0 Å². The molecule has 124 valence electrons. The summed E-state index contributed by atoms with van der Waals surface area (Å²) in [7, 11) is 0. The van der Waals surface area contributed by atoms with Gasteiger partial charge in [-0.05, 0) is 12.1 Å². The van der Waals surface area contributed by atoms with E-state index in [0.29, 0.717) is 0 Å². The van der Waals surface area contributed by atoms with Gasteiger partial charge in [0.1, 0.15) is 4.92 Å². The number of nitrogens with one attached hydrogen (secondary N) is 1. The Bertz CT molecular complexity index is 799. The number of nitro benzene ring substituents is 1. The highest BCUT2D eigenvalue weighted by molar-refractivity contribution is 5.81. The molecule has 0 bridgehead atoms. The van der Waals surface area contributed by atoms with Crippen molar-refractivity contribution in [1.82, 2.24) is 5.43 Å². The molecule has 0 aliphatic rings. The minimum absolute atomic E-state index is 0.0525. The molecule has 1 heterocycles. The van der Waals surface area contributed by atoms with Crippen LogP contribution in [0.15, 0.2) is 45.9 Å².